The van der Waals surface area contributed by atoms with Crippen molar-refractivity contribution < 1.29 is 13.2 Å². The minimum atomic E-state index is -3.58. The molecule has 0 aliphatic heterocycles. The first kappa shape index (κ1) is 23.8. The molecule has 1 fully saturated rings. The molecular weight excluding hydrogens is 452 g/mol. The molecule has 0 saturated heterocycles. The lowest BCUT2D eigenvalue weighted by atomic mass is 9.92. The van der Waals surface area contributed by atoms with E-state index in [2.05, 4.69) is 4.99 Å². The van der Waals surface area contributed by atoms with Crippen LogP contribution in [0.2, 0.25) is 0 Å². The van der Waals surface area contributed by atoms with Gasteiger partial charge < -0.3 is 27.5 Å². The van der Waals surface area contributed by atoms with Gasteiger partial charge in [0.25, 0.3) is 5.91 Å². The molecule has 8 N–H and O–H groups in total. The largest absolute Gasteiger partial charge is 0.396 e. The van der Waals surface area contributed by atoms with Gasteiger partial charge in [-0.1, -0.05) is 24.3 Å². The molecule has 1 heterocycles. The lowest BCUT2D eigenvalue weighted by molar-refractivity contribution is 0.0993. The maximum absolute atomic E-state index is 12.8. The van der Waals surface area contributed by atoms with Gasteiger partial charge >= 0.3 is 0 Å². The van der Waals surface area contributed by atoms with E-state index >= 15 is 0 Å². The van der Waals surface area contributed by atoms with Crippen molar-refractivity contribution in [2.75, 3.05) is 11.5 Å². The third kappa shape index (κ3) is 4.78. The summed E-state index contributed by atoms with van der Waals surface area (Å²) in [5.74, 6) is -0.574. The number of nitrogens with two attached hydrogens (primary N) is 4. The van der Waals surface area contributed by atoms with Crippen LogP contribution >= 0.6 is 0 Å². The van der Waals surface area contributed by atoms with Gasteiger partial charge in [0.1, 0.15) is 11.5 Å². The van der Waals surface area contributed by atoms with E-state index in [1.807, 2.05) is 0 Å². The average Bonchev–Trinajstić information content (AvgIpc) is 3.11. The summed E-state index contributed by atoms with van der Waals surface area (Å²) in [6.45, 7) is 0.00418. The van der Waals surface area contributed by atoms with Crippen LogP contribution in [0.3, 0.4) is 0 Å². The van der Waals surface area contributed by atoms with Gasteiger partial charge in [0, 0.05) is 23.5 Å². The fraction of sp³-hybridized carbons (Fsp3) is 0.333. The predicted octanol–water partition coefficient (Wildman–Crippen LogP) is 1.77. The number of anilines is 1. The number of amides is 1. The van der Waals surface area contributed by atoms with Gasteiger partial charge in [0.05, 0.1) is 27.9 Å². The minimum absolute atomic E-state index is 0.00418. The first-order chi connectivity index (χ1) is 16.2. The van der Waals surface area contributed by atoms with Gasteiger partial charge in [0.2, 0.25) is 0 Å². The Balaban J connectivity index is 1.70. The number of aliphatic imine (C=N–C) groups is 1. The number of rotatable bonds is 7. The number of amidine groups is 1. The quantitative estimate of drug-likeness (QED) is 0.295. The first-order valence-electron chi connectivity index (χ1n) is 11.3. The van der Waals surface area contributed by atoms with Gasteiger partial charge in [-0.2, -0.15) is 0 Å². The summed E-state index contributed by atoms with van der Waals surface area (Å²) in [5.41, 5.74) is 25.7. The van der Waals surface area contributed by atoms with Crippen LogP contribution < -0.4 is 22.9 Å². The Kier molecular flexibility index (Phi) is 6.63. The second-order valence-electron chi connectivity index (χ2n) is 8.72. The Morgan fingerprint density at radius 1 is 1.03 bits per heavy atom. The maximum atomic E-state index is 12.8. The van der Waals surface area contributed by atoms with Crippen molar-refractivity contribution in [3.05, 3.63) is 59.8 Å². The summed E-state index contributed by atoms with van der Waals surface area (Å²) >= 11 is 0. The number of aromatic nitrogens is 1. The van der Waals surface area contributed by atoms with Crippen molar-refractivity contribution in [1.29, 1.82) is 0 Å². The number of hydrogen-bond donors (Lipinski definition) is 4. The highest BCUT2D eigenvalue weighted by Gasteiger charge is 2.23. The summed E-state index contributed by atoms with van der Waals surface area (Å²) < 4.78 is 27.2. The predicted molar refractivity (Wildman–Crippen MR) is 134 cm³/mol. The van der Waals surface area contributed by atoms with Crippen molar-refractivity contribution in [3.63, 3.8) is 0 Å². The van der Waals surface area contributed by atoms with Gasteiger partial charge in [0.15, 0.2) is 9.84 Å². The number of benzene rings is 2. The van der Waals surface area contributed by atoms with E-state index in [-0.39, 0.29) is 40.7 Å². The topological polar surface area (TPSA) is 173 Å². The maximum Gasteiger partial charge on any atom is 0.267 e. The van der Waals surface area contributed by atoms with Crippen molar-refractivity contribution in [2.45, 2.75) is 49.2 Å². The molecule has 4 rings (SSSR count). The summed E-state index contributed by atoms with van der Waals surface area (Å²) in [6, 6.07) is 13.8. The highest BCUT2D eigenvalue weighted by Crippen LogP contribution is 2.30. The Hall–Kier alpha value is -3.37. The molecule has 0 spiro atoms. The third-order valence-electron chi connectivity index (χ3n) is 6.38. The van der Waals surface area contributed by atoms with E-state index in [0.717, 1.165) is 25.7 Å². The van der Waals surface area contributed by atoms with E-state index in [1.165, 1.54) is 0 Å². The SMILES string of the molecule is NC(=O)c1c(N)c2ccc(C(N)=NC3CCC(N)CC3)cc2n1CCS(=O)(=O)c1ccccc1. The number of nitrogens with zero attached hydrogens (tertiary/aromatic N) is 2. The molecule has 1 saturated carbocycles. The smallest absolute Gasteiger partial charge is 0.267 e. The number of aryl methyl sites for hydroxylation is 1. The zero-order chi connectivity index (χ0) is 24.5. The van der Waals surface area contributed by atoms with Crippen LogP contribution in [0.1, 0.15) is 41.7 Å². The molecule has 0 unspecified atom stereocenters. The molecular formula is C24H30N6O3S. The number of carbonyl (C=O) groups is 1. The first-order valence-corrected chi connectivity index (χ1v) is 12.9. The van der Waals surface area contributed by atoms with Crippen molar-refractivity contribution in [3.8, 4) is 0 Å². The molecule has 9 nitrogen and oxygen atoms in total. The van der Waals surface area contributed by atoms with Crippen LogP contribution in [-0.2, 0) is 16.4 Å². The second kappa shape index (κ2) is 9.47. The lowest BCUT2D eigenvalue weighted by Gasteiger charge is -2.23. The highest BCUT2D eigenvalue weighted by atomic mass is 32.2. The van der Waals surface area contributed by atoms with E-state index in [9.17, 15) is 13.2 Å². The Morgan fingerprint density at radius 2 is 1.71 bits per heavy atom. The standard InChI is InChI=1S/C24H30N6O3S/c25-16-7-9-17(10-8-16)29-23(27)15-6-11-19-20(14-15)30(22(21(19)26)24(28)31)12-13-34(32,33)18-4-2-1-3-5-18/h1-6,11,14,16-17H,7-10,12-13,25-26H2,(H2,27,29)(H2,28,31). The van der Waals surface area contributed by atoms with Gasteiger partial charge in [-0.25, -0.2) is 8.42 Å². The number of fused-ring (bicyclic) bond motifs is 1. The Morgan fingerprint density at radius 3 is 2.35 bits per heavy atom. The highest BCUT2D eigenvalue weighted by molar-refractivity contribution is 7.91. The van der Waals surface area contributed by atoms with Crippen LogP contribution in [0.4, 0.5) is 5.69 Å². The van der Waals surface area contributed by atoms with Gasteiger partial charge in [-0.05, 0) is 49.9 Å². The van der Waals surface area contributed by atoms with Crippen molar-refractivity contribution in [2.24, 2.45) is 22.2 Å². The summed E-state index contributed by atoms with van der Waals surface area (Å²) in [7, 11) is -3.58. The Labute approximate surface area is 198 Å². The van der Waals surface area contributed by atoms with E-state index in [0.29, 0.717) is 22.3 Å². The Bertz CT molecular complexity index is 1340. The fourth-order valence-electron chi connectivity index (χ4n) is 4.49. The molecule has 34 heavy (non-hydrogen) atoms. The number of primary amides is 1. The molecule has 0 radical (unpaired) electrons. The lowest BCUT2D eigenvalue weighted by Crippen LogP contribution is -2.29. The number of nitrogen functional groups attached to an aromatic ring is 1. The molecule has 0 bridgehead atoms. The van der Waals surface area contributed by atoms with Crippen LogP contribution in [0.15, 0.2) is 58.4 Å². The summed E-state index contributed by atoms with van der Waals surface area (Å²) in [6.07, 6.45) is 3.60. The zero-order valence-electron chi connectivity index (χ0n) is 18.9. The molecule has 3 aromatic rings. The summed E-state index contributed by atoms with van der Waals surface area (Å²) in [4.78, 5) is 17.1. The average molecular weight is 483 g/mol. The molecule has 180 valence electrons. The van der Waals surface area contributed by atoms with E-state index < -0.39 is 15.7 Å². The molecule has 0 atom stereocenters. The monoisotopic (exact) mass is 482 g/mol. The third-order valence-corrected chi connectivity index (χ3v) is 8.09. The number of carbonyl (C=O) groups excluding carboxylic acids is 1. The zero-order valence-corrected chi connectivity index (χ0v) is 19.7. The van der Waals surface area contributed by atoms with E-state index in [4.69, 9.17) is 22.9 Å². The molecule has 1 aromatic heterocycles. The van der Waals surface area contributed by atoms with Crippen molar-refractivity contribution in [1.82, 2.24) is 4.57 Å². The van der Waals surface area contributed by atoms with Crippen molar-refractivity contribution >= 4 is 38.2 Å². The normalized spacial score (nSPS) is 19.4. The van der Waals surface area contributed by atoms with E-state index in [1.54, 1.807) is 53.1 Å². The van der Waals surface area contributed by atoms with Gasteiger partial charge in [-0.3, -0.25) is 9.79 Å². The fourth-order valence-corrected chi connectivity index (χ4v) is 5.72. The summed E-state index contributed by atoms with van der Waals surface area (Å²) in [5, 5.41) is 0.603. The molecule has 2 aromatic carbocycles. The van der Waals surface area contributed by atoms with Crippen LogP contribution in [0.25, 0.3) is 10.9 Å². The minimum Gasteiger partial charge on any atom is -0.396 e. The van der Waals surface area contributed by atoms with Gasteiger partial charge in [-0.15, -0.1) is 0 Å². The number of hydrogen-bond acceptors (Lipinski definition) is 6. The molecule has 1 aliphatic carbocycles. The van der Waals surface area contributed by atoms with Crippen LogP contribution in [0.5, 0.6) is 0 Å². The molecule has 1 amide bonds. The second-order valence-corrected chi connectivity index (χ2v) is 10.8. The van der Waals surface area contributed by atoms with Crippen LogP contribution in [-0.4, -0.2) is 42.6 Å². The molecule has 1 aliphatic rings. The molecule has 10 heteroatoms. The van der Waals surface area contributed by atoms with Crippen LogP contribution in [0, 0.1) is 0 Å². The number of sulfone groups is 1.